The van der Waals surface area contributed by atoms with Crippen LogP contribution in [0.1, 0.15) is 32.8 Å². The summed E-state index contributed by atoms with van der Waals surface area (Å²) >= 11 is 0. The number of nitrogens with one attached hydrogen (secondary N) is 1. The van der Waals surface area contributed by atoms with Gasteiger partial charge in [0.1, 0.15) is 5.82 Å². The molecule has 1 amide bonds. The molecule has 0 aromatic heterocycles. The Morgan fingerprint density at radius 2 is 1.84 bits per heavy atom. The van der Waals surface area contributed by atoms with Crippen LogP contribution in [-0.2, 0) is 11.3 Å². The maximum absolute atomic E-state index is 12.8. The van der Waals surface area contributed by atoms with Gasteiger partial charge < -0.3 is 10.2 Å². The molecule has 106 valence electrons. The Bertz CT molecular complexity index is 409. The van der Waals surface area contributed by atoms with Gasteiger partial charge in [-0.3, -0.25) is 4.79 Å². The van der Waals surface area contributed by atoms with E-state index in [0.29, 0.717) is 19.5 Å². The molecule has 1 aromatic carbocycles. The first-order valence-corrected chi connectivity index (χ1v) is 6.51. The summed E-state index contributed by atoms with van der Waals surface area (Å²) in [6, 6.07) is 6.22. The minimum Gasteiger partial charge on any atom is -0.341 e. The van der Waals surface area contributed by atoms with Gasteiger partial charge in [-0.1, -0.05) is 12.1 Å². The van der Waals surface area contributed by atoms with Crippen LogP contribution in [-0.4, -0.2) is 29.9 Å². The van der Waals surface area contributed by atoms with E-state index in [4.69, 9.17) is 0 Å². The number of benzene rings is 1. The predicted octanol–water partition coefficient (Wildman–Crippen LogP) is 2.56. The smallest absolute Gasteiger partial charge is 0.223 e. The highest BCUT2D eigenvalue weighted by atomic mass is 19.1. The van der Waals surface area contributed by atoms with Crippen LogP contribution in [0.2, 0.25) is 0 Å². The second-order valence-electron chi connectivity index (χ2n) is 5.80. The minimum atomic E-state index is -0.257. The van der Waals surface area contributed by atoms with Gasteiger partial charge in [0.2, 0.25) is 5.91 Å². The average molecular weight is 266 g/mol. The predicted molar refractivity (Wildman–Crippen MR) is 75.2 cm³/mol. The SMILES string of the molecule is CN(Cc1ccc(F)cc1)C(=O)CCNC(C)(C)C. The molecule has 1 aromatic rings. The molecule has 3 nitrogen and oxygen atoms in total. The maximum Gasteiger partial charge on any atom is 0.223 e. The van der Waals surface area contributed by atoms with Crippen molar-refractivity contribution in [2.45, 2.75) is 39.3 Å². The normalized spacial score (nSPS) is 11.4. The summed E-state index contributed by atoms with van der Waals surface area (Å²) < 4.78 is 12.8. The van der Waals surface area contributed by atoms with Gasteiger partial charge in [-0.15, -0.1) is 0 Å². The maximum atomic E-state index is 12.8. The van der Waals surface area contributed by atoms with Crippen molar-refractivity contribution >= 4 is 5.91 Å². The minimum absolute atomic E-state index is 0.0236. The van der Waals surface area contributed by atoms with E-state index in [0.717, 1.165) is 5.56 Å². The number of hydrogen-bond donors (Lipinski definition) is 1. The number of nitrogens with zero attached hydrogens (tertiary/aromatic N) is 1. The fraction of sp³-hybridized carbons (Fsp3) is 0.533. The number of halogens is 1. The van der Waals surface area contributed by atoms with E-state index in [-0.39, 0.29) is 17.3 Å². The highest BCUT2D eigenvalue weighted by Crippen LogP contribution is 2.06. The van der Waals surface area contributed by atoms with Gasteiger partial charge in [0.05, 0.1) is 0 Å². The van der Waals surface area contributed by atoms with E-state index in [1.54, 1.807) is 24.1 Å². The van der Waals surface area contributed by atoms with Crippen LogP contribution in [0.15, 0.2) is 24.3 Å². The molecule has 0 aliphatic carbocycles. The van der Waals surface area contributed by atoms with Crippen molar-refractivity contribution in [1.82, 2.24) is 10.2 Å². The Morgan fingerprint density at radius 3 is 2.37 bits per heavy atom. The van der Waals surface area contributed by atoms with Crippen molar-refractivity contribution in [3.63, 3.8) is 0 Å². The van der Waals surface area contributed by atoms with Crippen LogP contribution in [0.4, 0.5) is 4.39 Å². The van der Waals surface area contributed by atoms with Gasteiger partial charge in [-0.2, -0.15) is 0 Å². The van der Waals surface area contributed by atoms with Crippen LogP contribution in [0.3, 0.4) is 0 Å². The molecule has 0 atom stereocenters. The summed E-state index contributed by atoms with van der Waals surface area (Å²) in [5.74, 6) is -0.173. The lowest BCUT2D eigenvalue weighted by atomic mass is 10.1. The number of amides is 1. The van der Waals surface area contributed by atoms with Crippen molar-refractivity contribution in [2.24, 2.45) is 0 Å². The van der Waals surface area contributed by atoms with Gasteiger partial charge >= 0.3 is 0 Å². The van der Waals surface area contributed by atoms with Crippen LogP contribution in [0.5, 0.6) is 0 Å². The molecule has 1 N–H and O–H groups in total. The first-order valence-electron chi connectivity index (χ1n) is 6.51. The first kappa shape index (κ1) is 15.6. The lowest BCUT2D eigenvalue weighted by Gasteiger charge is -2.22. The zero-order valence-electron chi connectivity index (χ0n) is 12.2. The molecule has 0 saturated carbocycles. The molecular weight excluding hydrogens is 243 g/mol. The summed E-state index contributed by atoms with van der Waals surface area (Å²) in [6.07, 6.45) is 0.467. The molecular formula is C15H23FN2O. The molecule has 0 bridgehead atoms. The van der Waals surface area contributed by atoms with Crippen LogP contribution < -0.4 is 5.32 Å². The van der Waals surface area contributed by atoms with E-state index < -0.39 is 0 Å². The quantitative estimate of drug-likeness (QED) is 0.888. The summed E-state index contributed by atoms with van der Waals surface area (Å²) in [5.41, 5.74) is 0.955. The average Bonchev–Trinajstić information content (AvgIpc) is 2.30. The topological polar surface area (TPSA) is 32.3 Å². The van der Waals surface area contributed by atoms with E-state index >= 15 is 0 Å². The van der Waals surface area contributed by atoms with Crippen molar-refractivity contribution < 1.29 is 9.18 Å². The summed E-state index contributed by atoms with van der Waals surface area (Å²) in [4.78, 5) is 13.6. The van der Waals surface area contributed by atoms with Gasteiger partial charge in [-0.05, 0) is 38.5 Å². The molecule has 0 spiro atoms. The van der Waals surface area contributed by atoms with E-state index in [9.17, 15) is 9.18 Å². The zero-order chi connectivity index (χ0) is 14.5. The molecule has 0 fully saturated rings. The van der Waals surface area contributed by atoms with E-state index in [2.05, 4.69) is 26.1 Å². The first-order chi connectivity index (χ1) is 8.78. The van der Waals surface area contributed by atoms with Crippen molar-refractivity contribution in [3.8, 4) is 0 Å². The molecule has 0 aliphatic heterocycles. The Balaban J connectivity index is 2.38. The van der Waals surface area contributed by atoms with Gasteiger partial charge in [0, 0.05) is 32.1 Å². The van der Waals surface area contributed by atoms with E-state index in [1.807, 2.05) is 0 Å². The fourth-order valence-corrected chi connectivity index (χ4v) is 1.69. The van der Waals surface area contributed by atoms with Crippen LogP contribution >= 0.6 is 0 Å². The third-order valence-electron chi connectivity index (χ3n) is 2.75. The third kappa shape index (κ3) is 6.34. The zero-order valence-corrected chi connectivity index (χ0v) is 12.2. The number of carbonyl (C=O) groups is 1. The van der Waals surface area contributed by atoms with Crippen LogP contribution in [0, 0.1) is 5.82 Å². The molecule has 19 heavy (non-hydrogen) atoms. The lowest BCUT2D eigenvalue weighted by Crippen LogP contribution is -2.38. The molecule has 0 aliphatic rings. The van der Waals surface area contributed by atoms with E-state index in [1.165, 1.54) is 12.1 Å². The number of carbonyl (C=O) groups excluding carboxylic acids is 1. The Morgan fingerprint density at radius 1 is 1.26 bits per heavy atom. The Kier molecular flexibility index (Phi) is 5.48. The van der Waals surface area contributed by atoms with Crippen molar-refractivity contribution in [3.05, 3.63) is 35.6 Å². The fourth-order valence-electron chi connectivity index (χ4n) is 1.69. The molecule has 0 radical (unpaired) electrons. The highest BCUT2D eigenvalue weighted by Gasteiger charge is 2.12. The monoisotopic (exact) mass is 266 g/mol. The summed E-state index contributed by atoms with van der Waals surface area (Å²) in [6.45, 7) is 7.38. The number of hydrogen-bond acceptors (Lipinski definition) is 2. The second-order valence-corrected chi connectivity index (χ2v) is 5.80. The largest absolute Gasteiger partial charge is 0.341 e. The van der Waals surface area contributed by atoms with Crippen molar-refractivity contribution in [1.29, 1.82) is 0 Å². The Hall–Kier alpha value is -1.42. The van der Waals surface area contributed by atoms with Gasteiger partial charge in [0.15, 0.2) is 0 Å². The van der Waals surface area contributed by atoms with Gasteiger partial charge in [-0.25, -0.2) is 4.39 Å². The summed E-state index contributed by atoms with van der Waals surface area (Å²) in [5, 5.41) is 3.28. The van der Waals surface area contributed by atoms with Crippen molar-refractivity contribution in [2.75, 3.05) is 13.6 Å². The second kappa shape index (κ2) is 6.66. The molecule has 0 saturated heterocycles. The molecule has 4 heteroatoms. The lowest BCUT2D eigenvalue weighted by molar-refractivity contribution is -0.130. The third-order valence-corrected chi connectivity index (χ3v) is 2.75. The molecule has 1 rings (SSSR count). The van der Waals surface area contributed by atoms with Gasteiger partial charge in [0.25, 0.3) is 0 Å². The standard InChI is InChI=1S/C15H23FN2O/c1-15(2,3)17-10-9-14(19)18(4)11-12-5-7-13(16)8-6-12/h5-8,17H,9-11H2,1-4H3. The molecule has 0 unspecified atom stereocenters. The number of rotatable bonds is 5. The van der Waals surface area contributed by atoms with Crippen LogP contribution in [0.25, 0.3) is 0 Å². The molecule has 0 heterocycles. The Labute approximate surface area is 114 Å². The summed E-state index contributed by atoms with van der Waals surface area (Å²) in [7, 11) is 1.77. The highest BCUT2D eigenvalue weighted by molar-refractivity contribution is 5.76.